The number of carbonyl (C=O) groups excluding carboxylic acids is 3. The Morgan fingerprint density at radius 2 is 0.812 bits per heavy atom. The van der Waals surface area contributed by atoms with Crippen LogP contribution in [0.4, 0.5) is 0 Å². The smallest absolute Gasteiger partial charge is 0.543 e. The van der Waals surface area contributed by atoms with Crippen LogP contribution in [0, 0.1) is 0 Å². The number of rotatable bonds is 6. The Morgan fingerprint density at radius 1 is 0.562 bits per heavy atom. The number of aromatic nitrogens is 3. The van der Waals surface area contributed by atoms with Gasteiger partial charge in [0.2, 0.25) is 7.14 Å². The van der Waals surface area contributed by atoms with Crippen LogP contribution in [-0.2, 0) is 4.57 Å². The Hall–Kier alpha value is -0.910. The molecule has 3 rings (SSSR count). The molecule has 0 aromatic carbocycles. The van der Waals surface area contributed by atoms with Gasteiger partial charge in [0, 0.05) is 0 Å². The molecule has 10 nitrogen and oxygen atoms in total. The molecule has 3 heterocycles. The first-order valence-electron chi connectivity index (χ1n) is 7.90. The van der Waals surface area contributed by atoms with Gasteiger partial charge in [-0.3, -0.25) is 0 Å². The van der Waals surface area contributed by atoms with Gasteiger partial charge in [-0.05, 0) is 36.4 Å². The molecular formula is C18H9N3Na3O7P. The maximum Gasteiger partial charge on any atom is 1.00 e. The summed E-state index contributed by atoms with van der Waals surface area (Å²) in [6, 6.07) is 10.8. The summed E-state index contributed by atoms with van der Waals surface area (Å²) in [5, 5.41) is 33.5. The molecule has 0 saturated heterocycles. The van der Waals surface area contributed by atoms with Crippen molar-refractivity contribution in [2.75, 3.05) is 0 Å². The third kappa shape index (κ3) is 6.57. The molecule has 0 bridgehead atoms. The SMILES string of the molecule is O=C([O-])c1cccc(P(=O)(c2cccc(C(=O)[O-])n2)c2cccc(C(=O)[O-])n2)n1.[Na+].[Na+].[Na+]. The minimum absolute atomic E-state index is 0. The van der Waals surface area contributed by atoms with Gasteiger partial charge in [0.05, 0.1) is 35.0 Å². The zero-order valence-corrected chi connectivity index (χ0v) is 24.2. The molecule has 0 unspecified atom stereocenters. The van der Waals surface area contributed by atoms with Gasteiger partial charge in [0.15, 0.2) is 0 Å². The van der Waals surface area contributed by atoms with Gasteiger partial charge in [0.25, 0.3) is 0 Å². The van der Waals surface area contributed by atoms with Crippen molar-refractivity contribution in [2.24, 2.45) is 0 Å². The third-order valence-corrected chi connectivity index (χ3v) is 6.48. The average molecular weight is 479 g/mol. The number of hydrogen-bond acceptors (Lipinski definition) is 10. The van der Waals surface area contributed by atoms with Crippen molar-refractivity contribution < 1.29 is 123 Å². The molecule has 146 valence electrons. The van der Waals surface area contributed by atoms with Crippen molar-refractivity contribution in [3.05, 3.63) is 71.7 Å². The van der Waals surface area contributed by atoms with Gasteiger partial charge in [-0.1, -0.05) is 18.2 Å². The van der Waals surface area contributed by atoms with Gasteiger partial charge in [0.1, 0.15) is 16.3 Å². The van der Waals surface area contributed by atoms with E-state index < -0.39 is 42.1 Å². The van der Waals surface area contributed by atoms with Crippen molar-refractivity contribution in [1.82, 2.24) is 15.0 Å². The summed E-state index contributed by atoms with van der Waals surface area (Å²) in [4.78, 5) is 45.0. The first-order chi connectivity index (χ1) is 13.7. The molecule has 0 spiro atoms. The second kappa shape index (κ2) is 13.1. The van der Waals surface area contributed by atoms with Gasteiger partial charge >= 0.3 is 88.7 Å². The number of carboxylic acid groups (broad SMARTS) is 3. The molecule has 3 aromatic rings. The van der Waals surface area contributed by atoms with Gasteiger partial charge in [-0.25, -0.2) is 15.0 Å². The van der Waals surface area contributed by atoms with Crippen LogP contribution in [0.5, 0.6) is 0 Å². The molecule has 0 N–H and O–H groups in total. The Bertz CT molecular complexity index is 1060. The van der Waals surface area contributed by atoms with Gasteiger partial charge < -0.3 is 34.3 Å². The van der Waals surface area contributed by atoms with Gasteiger partial charge in [-0.15, -0.1) is 0 Å². The number of aromatic carboxylic acids is 3. The van der Waals surface area contributed by atoms with Crippen LogP contribution in [-0.4, -0.2) is 32.9 Å². The summed E-state index contributed by atoms with van der Waals surface area (Å²) in [5.74, 6) is -4.90. The molecule has 0 radical (unpaired) electrons. The predicted octanol–water partition coefficient (Wildman–Crippen LogP) is -12.4. The van der Waals surface area contributed by atoms with Crippen LogP contribution in [0.25, 0.3) is 0 Å². The van der Waals surface area contributed by atoms with E-state index in [1.54, 1.807) is 0 Å². The molecule has 14 heteroatoms. The zero-order valence-electron chi connectivity index (χ0n) is 17.3. The summed E-state index contributed by atoms with van der Waals surface area (Å²) in [7, 11) is -4.18. The Labute approximate surface area is 248 Å². The first-order valence-corrected chi connectivity index (χ1v) is 9.61. The summed E-state index contributed by atoms with van der Waals surface area (Å²) >= 11 is 0. The maximum absolute atomic E-state index is 14.1. The third-order valence-electron chi connectivity index (χ3n) is 3.80. The van der Waals surface area contributed by atoms with E-state index in [-0.39, 0.29) is 105 Å². The predicted molar refractivity (Wildman–Crippen MR) is 92.2 cm³/mol. The second-order valence-corrected chi connectivity index (χ2v) is 8.21. The number of nitrogens with zero attached hydrogens (tertiary/aromatic N) is 3. The van der Waals surface area contributed by atoms with Crippen molar-refractivity contribution in [1.29, 1.82) is 0 Å². The van der Waals surface area contributed by atoms with Crippen LogP contribution in [0.1, 0.15) is 31.5 Å². The van der Waals surface area contributed by atoms with E-state index in [4.69, 9.17) is 0 Å². The molecule has 32 heavy (non-hydrogen) atoms. The second-order valence-electron chi connectivity index (χ2n) is 5.61. The van der Waals surface area contributed by atoms with E-state index in [2.05, 4.69) is 15.0 Å². The van der Waals surface area contributed by atoms with E-state index >= 15 is 0 Å². The molecule has 0 aliphatic carbocycles. The molecule has 0 aliphatic heterocycles. The van der Waals surface area contributed by atoms with Crippen LogP contribution < -0.4 is 120 Å². The van der Waals surface area contributed by atoms with Crippen LogP contribution in [0.15, 0.2) is 54.6 Å². The zero-order chi connectivity index (χ0) is 21.2. The number of carbonyl (C=O) groups is 3. The maximum atomic E-state index is 14.1. The van der Waals surface area contributed by atoms with Crippen LogP contribution >= 0.6 is 7.14 Å². The average Bonchev–Trinajstić information content (AvgIpc) is 2.73. The molecule has 0 atom stereocenters. The van der Waals surface area contributed by atoms with Crippen molar-refractivity contribution in [2.45, 2.75) is 0 Å². The van der Waals surface area contributed by atoms with Crippen LogP contribution in [0.3, 0.4) is 0 Å². The Kier molecular flexibility index (Phi) is 12.7. The van der Waals surface area contributed by atoms with Crippen molar-refractivity contribution >= 4 is 41.4 Å². The van der Waals surface area contributed by atoms with E-state index in [1.165, 1.54) is 36.4 Å². The molecule has 0 saturated carbocycles. The Morgan fingerprint density at radius 3 is 1.03 bits per heavy atom. The summed E-state index contributed by atoms with van der Waals surface area (Å²) in [5.41, 5.74) is -2.50. The molecule has 3 aromatic heterocycles. The van der Waals surface area contributed by atoms with Gasteiger partial charge in [-0.2, -0.15) is 0 Å². The topological polar surface area (TPSA) is 176 Å². The standard InChI is InChI=1S/C18H12N3O7P.3Na/c22-16(23)10-4-1-7-13(19-10)29(28,14-8-2-5-11(20-14)17(24)25)15-9-3-6-12(21-15)18(26)27;;;/h1-9H,(H,22,23)(H,24,25)(H,26,27);;;/q;3*+1/p-3. The minimum Gasteiger partial charge on any atom is -0.543 e. The van der Waals surface area contributed by atoms with E-state index in [9.17, 15) is 34.3 Å². The fourth-order valence-electron chi connectivity index (χ4n) is 2.49. The Balaban J connectivity index is 0.00000320. The number of carboxylic acids is 3. The fraction of sp³-hybridized carbons (Fsp3) is 0. The van der Waals surface area contributed by atoms with E-state index in [1.807, 2.05) is 0 Å². The quantitative estimate of drug-likeness (QED) is 0.244. The summed E-state index contributed by atoms with van der Waals surface area (Å²) in [6.07, 6.45) is 0. The van der Waals surface area contributed by atoms with E-state index in [0.29, 0.717) is 0 Å². The molecule has 0 amide bonds. The largest absolute Gasteiger partial charge is 1.00 e. The van der Waals surface area contributed by atoms with Crippen molar-refractivity contribution in [3.8, 4) is 0 Å². The van der Waals surface area contributed by atoms with Crippen LogP contribution in [0.2, 0.25) is 0 Å². The summed E-state index contributed by atoms with van der Waals surface area (Å²) < 4.78 is 14.1. The monoisotopic (exact) mass is 479 g/mol. The molecular weight excluding hydrogens is 470 g/mol. The fourth-order valence-corrected chi connectivity index (χ4v) is 4.83. The van der Waals surface area contributed by atoms with Crippen molar-refractivity contribution in [3.63, 3.8) is 0 Å². The molecule has 0 aliphatic rings. The molecule has 0 fully saturated rings. The van der Waals surface area contributed by atoms with E-state index in [0.717, 1.165) is 18.2 Å². The normalized spacial score (nSPS) is 10.0. The number of hydrogen-bond donors (Lipinski definition) is 0. The summed E-state index contributed by atoms with van der Waals surface area (Å²) in [6.45, 7) is 0. The minimum atomic E-state index is -4.18. The first kappa shape index (κ1) is 31.1. The number of pyridine rings is 3.